The molecule has 2 aliphatic rings. The van der Waals surface area contributed by atoms with Crippen molar-refractivity contribution < 1.29 is 4.79 Å². The topological polar surface area (TPSA) is 35.6 Å². The maximum absolute atomic E-state index is 12.6. The van der Waals surface area contributed by atoms with Crippen LogP contribution >= 0.6 is 24.0 Å². The van der Waals surface area contributed by atoms with Crippen molar-refractivity contribution in [3.05, 3.63) is 35.4 Å². The van der Waals surface area contributed by atoms with Gasteiger partial charge in [0.1, 0.15) is 6.04 Å². The quantitative estimate of drug-likeness (QED) is 0.754. The first-order chi connectivity index (χ1) is 11.7. The third-order valence-corrected chi connectivity index (χ3v) is 5.74. The molecule has 24 heavy (non-hydrogen) atoms. The van der Waals surface area contributed by atoms with E-state index in [0.29, 0.717) is 11.7 Å². The first kappa shape index (κ1) is 17.7. The van der Waals surface area contributed by atoms with Crippen molar-refractivity contribution in [3.8, 4) is 0 Å². The van der Waals surface area contributed by atoms with E-state index < -0.39 is 0 Å². The van der Waals surface area contributed by atoms with Gasteiger partial charge in [-0.2, -0.15) is 11.8 Å². The van der Waals surface area contributed by atoms with Gasteiger partial charge in [-0.1, -0.05) is 24.3 Å². The summed E-state index contributed by atoms with van der Waals surface area (Å²) in [4.78, 5) is 16.9. The molecule has 2 heterocycles. The average Bonchev–Trinajstić information content (AvgIpc) is 3.18. The molecule has 1 amide bonds. The molecule has 1 unspecified atom stereocenters. The Balaban J connectivity index is 1.69. The molecule has 6 heteroatoms. The van der Waals surface area contributed by atoms with Crippen LogP contribution in [0, 0.1) is 0 Å². The Hall–Kier alpha value is -1.11. The second-order valence-electron chi connectivity index (χ2n) is 6.46. The predicted molar refractivity (Wildman–Crippen MR) is 104 cm³/mol. The van der Waals surface area contributed by atoms with Crippen molar-refractivity contribution in [1.29, 1.82) is 0 Å². The van der Waals surface area contributed by atoms with Crippen molar-refractivity contribution in [2.24, 2.45) is 0 Å². The third kappa shape index (κ3) is 4.10. The summed E-state index contributed by atoms with van der Waals surface area (Å²) in [6, 6.07) is 8.27. The number of hydrogen-bond acceptors (Lipinski definition) is 4. The second kappa shape index (κ2) is 8.32. The number of thioether (sulfide) groups is 1. The lowest BCUT2D eigenvalue weighted by atomic mass is 10.1. The van der Waals surface area contributed by atoms with E-state index in [9.17, 15) is 4.79 Å². The molecule has 4 nitrogen and oxygen atoms in total. The number of carbonyl (C=O) groups excluding carboxylic acids is 1. The van der Waals surface area contributed by atoms with Gasteiger partial charge in [-0.3, -0.25) is 14.6 Å². The minimum atomic E-state index is -0.157. The summed E-state index contributed by atoms with van der Waals surface area (Å²) in [5, 5.41) is 3.76. The number of rotatable bonds is 7. The lowest BCUT2D eigenvalue weighted by Crippen LogP contribution is -2.31. The number of carbonyl (C=O) groups is 1. The molecule has 0 radical (unpaired) electrons. The van der Waals surface area contributed by atoms with Crippen LogP contribution in [0.4, 0.5) is 0 Å². The van der Waals surface area contributed by atoms with E-state index in [-0.39, 0.29) is 11.9 Å². The van der Waals surface area contributed by atoms with Gasteiger partial charge in [0.15, 0.2) is 5.11 Å². The molecule has 3 rings (SSSR count). The van der Waals surface area contributed by atoms with E-state index in [1.807, 2.05) is 6.07 Å². The fourth-order valence-corrected chi connectivity index (χ4v) is 4.14. The van der Waals surface area contributed by atoms with Crippen LogP contribution in [0.3, 0.4) is 0 Å². The summed E-state index contributed by atoms with van der Waals surface area (Å²) in [6.45, 7) is 3.89. The highest BCUT2D eigenvalue weighted by molar-refractivity contribution is 7.98. The molecule has 1 aromatic rings. The second-order valence-corrected chi connectivity index (χ2v) is 7.83. The van der Waals surface area contributed by atoms with Crippen LogP contribution < -0.4 is 5.32 Å². The zero-order chi connectivity index (χ0) is 16.9. The molecule has 1 atom stereocenters. The predicted octanol–water partition coefficient (Wildman–Crippen LogP) is 2.62. The maximum atomic E-state index is 12.6. The van der Waals surface area contributed by atoms with Gasteiger partial charge in [0, 0.05) is 6.54 Å². The highest BCUT2D eigenvalue weighted by Gasteiger charge is 2.35. The van der Waals surface area contributed by atoms with Crippen molar-refractivity contribution in [2.45, 2.75) is 38.4 Å². The van der Waals surface area contributed by atoms with Gasteiger partial charge in [0.05, 0.1) is 6.54 Å². The number of nitrogens with zero attached hydrogens (tertiary/aromatic N) is 2. The van der Waals surface area contributed by atoms with Crippen LogP contribution in [0.5, 0.6) is 0 Å². The Kier molecular flexibility index (Phi) is 6.14. The van der Waals surface area contributed by atoms with Gasteiger partial charge >= 0.3 is 0 Å². The van der Waals surface area contributed by atoms with E-state index in [2.05, 4.69) is 34.7 Å². The number of nitrogens with one attached hydrogen (secondary N) is 1. The lowest BCUT2D eigenvalue weighted by Gasteiger charge is -2.20. The molecule has 0 bridgehead atoms. The van der Waals surface area contributed by atoms with E-state index in [1.54, 1.807) is 16.7 Å². The molecule has 0 spiro atoms. The average molecular weight is 364 g/mol. The van der Waals surface area contributed by atoms with Crippen molar-refractivity contribution in [1.82, 2.24) is 15.1 Å². The van der Waals surface area contributed by atoms with Crippen molar-refractivity contribution >= 4 is 35.0 Å². The number of amides is 1. The van der Waals surface area contributed by atoms with Crippen LogP contribution in [0.25, 0.3) is 0 Å². The van der Waals surface area contributed by atoms with E-state index in [0.717, 1.165) is 18.7 Å². The van der Waals surface area contributed by atoms with E-state index in [1.165, 1.54) is 37.1 Å². The monoisotopic (exact) mass is 363 g/mol. The summed E-state index contributed by atoms with van der Waals surface area (Å²) < 4.78 is 0. The molecular formula is C18H25N3OS2. The number of benzene rings is 1. The standard InChI is InChI=1S/C18H25N3OS2/c1-24-11-8-16-17(22)21(18(23)19-16)13-15-7-3-2-6-14(15)12-20-9-4-5-10-20/h2-3,6-7,16H,4-5,8-13H2,1H3,(H,19,23). The van der Waals surface area contributed by atoms with E-state index in [4.69, 9.17) is 12.2 Å². The normalized spacial score (nSPS) is 21.5. The van der Waals surface area contributed by atoms with Crippen LogP contribution in [-0.2, 0) is 17.9 Å². The molecule has 0 saturated carbocycles. The molecule has 130 valence electrons. The zero-order valence-electron chi connectivity index (χ0n) is 14.2. The lowest BCUT2D eigenvalue weighted by molar-refractivity contribution is -0.127. The Labute approximate surface area is 154 Å². The Morgan fingerprint density at radius 3 is 2.54 bits per heavy atom. The summed E-state index contributed by atoms with van der Waals surface area (Å²) in [7, 11) is 0. The molecule has 2 aliphatic heterocycles. The number of likely N-dealkylation sites (tertiary alicyclic amines) is 1. The van der Waals surface area contributed by atoms with Crippen LogP contribution in [0.2, 0.25) is 0 Å². The van der Waals surface area contributed by atoms with Gasteiger partial charge in [0.2, 0.25) is 0 Å². The minimum absolute atomic E-state index is 0.116. The van der Waals surface area contributed by atoms with Crippen LogP contribution in [0.1, 0.15) is 30.4 Å². The zero-order valence-corrected chi connectivity index (χ0v) is 15.8. The van der Waals surface area contributed by atoms with Gasteiger partial charge in [-0.05, 0) is 67.7 Å². The number of hydrogen-bond donors (Lipinski definition) is 1. The Morgan fingerprint density at radius 1 is 1.21 bits per heavy atom. The largest absolute Gasteiger partial charge is 0.350 e. The first-order valence-electron chi connectivity index (χ1n) is 8.59. The molecule has 2 fully saturated rings. The van der Waals surface area contributed by atoms with Crippen LogP contribution in [-0.4, -0.2) is 52.0 Å². The van der Waals surface area contributed by atoms with Gasteiger partial charge in [-0.25, -0.2) is 0 Å². The SMILES string of the molecule is CSCCC1NC(=S)N(Cc2ccccc2CN2CCCC2)C1=O. The summed E-state index contributed by atoms with van der Waals surface area (Å²) in [6.07, 6.45) is 5.46. The number of thiocarbonyl (C=S) groups is 1. The highest BCUT2D eigenvalue weighted by Crippen LogP contribution is 2.20. The summed E-state index contributed by atoms with van der Waals surface area (Å²) in [5.74, 6) is 1.08. The smallest absolute Gasteiger partial charge is 0.251 e. The van der Waals surface area contributed by atoms with Crippen molar-refractivity contribution in [2.75, 3.05) is 25.1 Å². The Bertz CT molecular complexity index is 602. The molecule has 2 saturated heterocycles. The highest BCUT2D eigenvalue weighted by atomic mass is 32.2. The molecular weight excluding hydrogens is 338 g/mol. The molecule has 0 aromatic heterocycles. The van der Waals surface area contributed by atoms with Gasteiger partial charge < -0.3 is 5.32 Å². The summed E-state index contributed by atoms with van der Waals surface area (Å²) >= 11 is 7.17. The fourth-order valence-electron chi connectivity index (χ4n) is 3.38. The third-order valence-electron chi connectivity index (χ3n) is 4.76. The van der Waals surface area contributed by atoms with Gasteiger partial charge in [-0.15, -0.1) is 0 Å². The summed E-state index contributed by atoms with van der Waals surface area (Å²) in [5.41, 5.74) is 2.51. The van der Waals surface area contributed by atoms with Gasteiger partial charge in [0.25, 0.3) is 5.91 Å². The molecule has 1 aromatic carbocycles. The molecule has 1 N–H and O–H groups in total. The van der Waals surface area contributed by atoms with Crippen LogP contribution in [0.15, 0.2) is 24.3 Å². The minimum Gasteiger partial charge on any atom is -0.350 e. The molecule has 0 aliphatic carbocycles. The Morgan fingerprint density at radius 2 is 1.88 bits per heavy atom. The van der Waals surface area contributed by atoms with Crippen molar-refractivity contribution in [3.63, 3.8) is 0 Å². The maximum Gasteiger partial charge on any atom is 0.251 e. The fraction of sp³-hybridized carbons (Fsp3) is 0.556. The first-order valence-corrected chi connectivity index (χ1v) is 10.4. The van der Waals surface area contributed by atoms with E-state index >= 15 is 0 Å².